The average molecular weight is 543 g/mol. The van der Waals surface area contributed by atoms with Crippen molar-refractivity contribution in [2.75, 3.05) is 18.8 Å². The molecular formula is C26H28ClFN6O4. The van der Waals surface area contributed by atoms with Gasteiger partial charge in [-0.05, 0) is 50.6 Å². The Morgan fingerprint density at radius 3 is 2.39 bits per heavy atom. The fourth-order valence-electron chi connectivity index (χ4n) is 4.17. The van der Waals surface area contributed by atoms with Crippen molar-refractivity contribution in [2.45, 2.75) is 31.8 Å². The summed E-state index contributed by atoms with van der Waals surface area (Å²) in [6.07, 6.45) is 3.91. The molecular weight excluding hydrogens is 515 g/mol. The summed E-state index contributed by atoms with van der Waals surface area (Å²) < 4.78 is 14.4. The van der Waals surface area contributed by atoms with Gasteiger partial charge in [-0.2, -0.15) is 0 Å². The molecule has 1 fully saturated rings. The largest absolute Gasteiger partial charge is 0.505 e. The Hall–Kier alpha value is -4.09. The van der Waals surface area contributed by atoms with Gasteiger partial charge in [-0.3, -0.25) is 19.4 Å². The molecule has 1 saturated heterocycles. The topological polar surface area (TPSA) is 159 Å². The SMILES string of the molecule is Cc1ncc(O)c(C(=O)c2ccc(C(=O)N[C@@H]3CCCNC[C@H]3NC(=O)c3ccnc(N)c3)cc2)c1F.Cl. The Labute approximate surface area is 224 Å². The number of amides is 2. The summed E-state index contributed by atoms with van der Waals surface area (Å²) in [4.78, 5) is 46.1. The minimum Gasteiger partial charge on any atom is -0.505 e. The van der Waals surface area contributed by atoms with Gasteiger partial charge in [0.1, 0.15) is 17.1 Å². The number of benzene rings is 1. The number of carbonyl (C=O) groups is 3. The predicted molar refractivity (Wildman–Crippen MR) is 141 cm³/mol. The van der Waals surface area contributed by atoms with Crippen LogP contribution in [0.3, 0.4) is 0 Å². The Balaban J connectivity index is 0.00000400. The van der Waals surface area contributed by atoms with Gasteiger partial charge in [0, 0.05) is 29.4 Å². The molecule has 200 valence electrons. The van der Waals surface area contributed by atoms with Crippen LogP contribution in [0.1, 0.15) is 55.2 Å². The second kappa shape index (κ2) is 12.4. The molecule has 0 spiro atoms. The molecule has 1 aromatic carbocycles. The molecule has 1 aliphatic rings. The first-order valence-electron chi connectivity index (χ1n) is 11.8. The molecule has 2 atom stereocenters. The molecule has 3 heterocycles. The minimum absolute atomic E-state index is 0. The van der Waals surface area contributed by atoms with Gasteiger partial charge in [0.05, 0.1) is 24.0 Å². The zero-order chi connectivity index (χ0) is 26.5. The zero-order valence-corrected chi connectivity index (χ0v) is 21.3. The number of hydrogen-bond donors (Lipinski definition) is 5. The standard InChI is InChI=1S/C26H27FN6O4.ClH/c1-14-23(27)22(20(34)13-31-14)24(35)15-4-6-16(7-5-15)25(36)32-18-3-2-9-29-12-19(18)33-26(37)17-8-10-30-21(28)11-17;/h4-8,10-11,13,18-19,29,34H,2-3,9,12H2,1H3,(H2,28,30)(H,32,36)(H,33,37);1H/t18-,19-;/m1./s1. The highest BCUT2D eigenvalue weighted by atomic mass is 35.5. The van der Waals surface area contributed by atoms with Gasteiger partial charge in [0.25, 0.3) is 11.8 Å². The van der Waals surface area contributed by atoms with Crippen molar-refractivity contribution < 1.29 is 23.9 Å². The van der Waals surface area contributed by atoms with Gasteiger partial charge in [-0.15, -0.1) is 12.4 Å². The summed E-state index contributed by atoms with van der Waals surface area (Å²) >= 11 is 0. The number of aromatic nitrogens is 2. The third-order valence-corrected chi connectivity index (χ3v) is 6.20. The summed E-state index contributed by atoms with van der Waals surface area (Å²) in [7, 11) is 0. The van der Waals surface area contributed by atoms with Crippen molar-refractivity contribution >= 4 is 35.8 Å². The summed E-state index contributed by atoms with van der Waals surface area (Å²) in [5, 5.41) is 19.1. The first kappa shape index (κ1) is 28.5. The van der Waals surface area contributed by atoms with Crippen LogP contribution < -0.4 is 21.7 Å². The monoisotopic (exact) mass is 542 g/mol. The van der Waals surface area contributed by atoms with Gasteiger partial charge >= 0.3 is 0 Å². The molecule has 2 amide bonds. The van der Waals surface area contributed by atoms with Crippen molar-refractivity contribution in [1.29, 1.82) is 0 Å². The van der Waals surface area contributed by atoms with E-state index in [0.29, 0.717) is 18.5 Å². The first-order valence-corrected chi connectivity index (χ1v) is 11.8. The first-order chi connectivity index (χ1) is 17.7. The van der Waals surface area contributed by atoms with Crippen LogP contribution in [0.15, 0.2) is 48.8 Å². The number of nitrogens with one attached hydrogen (secondary N) is 3. The molecule has 2 aromatic heterocycles. The summed E-state index contributed by atoms with van der Waals surface area (Å²) in [6, 6.07) is 8.01. The number of anilines is 1. The van der Waals surface area contributed by atoms with E-state index in [1.807, 2.05) is 0 Å². The second-order valence-electron chi connectivity index (χ2n) is 8.80. The summed E-state index contributed by atoms with van der Waals surface area (Å²) in [6.45, 7) is 2.60. The van der Waals surface area contributed by atoms with Crippen LogP contribution in [0.2, 0.25) is 0 Å². The number of nitrogen functional groups attached to an aromatic ring is 1. The number of carbonyl (C=O) groups excluding carboxylic acids is 3. The molecule has 1 aliphatic heterocycles. The third-order valence-electron chi connectivity index (χ3n) is 6.20. The highest BCUT2D eigenvalue weighted by Crippen LogP contribution is 2.24. The lowest BCUT2D eigenvalue weighted by Gasteiger charge is -2.27. The number of hydrogen-bond acceptors (Lipinski definition) is 8. The smallest absolute Gasteiger partial charge is 0.251 e. The maximum Gasteiger partial charge on any atom is 0.251 e. The van der Waals surface area contributed by atoms with Crippen LogP contribution >= 0.6 is 12.4 Å². The van der Waals surface area contributed by atoms with Gasteiger partial charge in [0.2, 0.25) is 0 Å². The number of aryl methyl sites for hydroxylation is 1. The lowest BCUT2D eigenvalue weighted by atomic mass is 10.00. The number of rotatable bonds is 6. The van der Waals surface area contributed by atoms with Gasteiger partial charge in [-0.25, -0.2) is 9.37 Å². The Morgan fingerprint density at radius 2 is 1.68 bits per heavy atom. The molecule has 10 nitrogen and oxygen atoms in total. The van der Waals surface area contributed by atoms with E-state index in [-0.39, 0.29) is 58.9 Å². The number of nitrogens with two attached hydrogens (primary N) is 1. The second-order valence-corrected chi connectivity index (χ2v) is 8.80. The lowest BCUT2D eigenvalue weighted by Crippen LogP contribution is -2.54. The quantitative estimate of drug-likeness (QED) is 0.296. The normalized spacial score (nSPS) is 17.0. The van der Waals surface area contributed by atoms with Gasteiger partial charge in [0.15, 0.2) is 11.6 Å². The fraction of sp³-hybridized carbons (Fsp3) is 0.269. The van der Waals surface area contributed by atoms with E-state index in [9.17, 15) is 23.9 Å². The van der Waals surface area contributed by atoms with Crippen LogP contribution in [0.4, 0.5) is 10.2 Å². The predicted octanol–water partition coefficient (Wildman–Crippen LogP) is 2.15. The van der Waals surface area contributed by atoms with Gasteiger partial charge in [-0.1, -0.05) is 12.1 Å². The van der Waals surface area contributed by atoms with Crippen molar-refractivity contribution in [3.8, 4) is 5.75 Å². The Kier molecular flexibility index (Phi) is 9.32. The van der Waals surface area contributed by atoms with E-state index in [1.54, 1.807) is 6.07 Å². The zero-order valence-electron chi connectivity index (χ0n) is 20.5. The average Bonchev–Trinajstić information content (AvgIpc) is 3.11. The Bertz CT molecular complexity index is 1340. The van der Waals surface area contributed by atoms with Crippen LogP contribution in [0, 0.1) is 12.7 Å². The number of aromatic hydroxyl groups is 1. The summed E-state index contributed by atoms with van der Waals surface area (Å²) in [5.41, 5.74) is 5.97. The number of pyridine rings is 2. The van der Waals surface area contributed by atoms with Crippen LogP contribution in [0.25, 0.3) is 0 Å². The molecule has 4 rings (SSSR count). The van der Waals surface area contributed by atoms with E-state index in [0.717, 1.165) is 19.2 Å². The molecule has 0 saturated carbocycles. The number of ketones is 1. The van der Waals surface area contributed by atoms with E-state index >= 15 is 0 Å². The van der Waals surface area contributed by atoms with Crippen molar-refractivity contribution in [3.63, 3.8) is 0 Å². The van der Waals surface area contributed by atoms with E-state index in [1.165, 1.54) is 43.5 Å². The molecule has 0 bridgehead atoms. The van der Waals surface area contributed by atoms with Crippen LogP contribution in [0.5, 0.6) is 5.75 Å². The maximum atomic E-state index is 14.4. The molecule has 0 aliphatic carbocycles. The maximum absolute atomic E-state index is 14.4. The van der Waals surface area contributed by atoms with E-state index in [2.05, 4.69) is 25.9 Å². The van der Waals surface area contributed by atoms with Gasteiger partial charge < -0.3 is 26.8 Å². The molecule has 0 radical (unpaired) electrons. The van der Waals surface area contributed by atoms with Crippen molar-refractivity contribution in [3.05, 3.63) is 82.6 Å². The number of nitrogens with zero attached hydrogens (tertiary/aromatic N) is 2. The fourth-order valence-corrected chi connectivity index (χ4v) is 4.17. The molecule has 6 N–H and O–H groups in total. The van der Waals surface area contributed by atoms with E-state index in [4.69, 9.17) is 5.73 Å². The highest BCUT2D eigenvalue weighted by molar-refractivity contribution is 6.11. The molecule has 0 unspecified atom stereocenters. The molecule has 12 heteroatoms. The summed E-state index contributed by atoms with van der Waals surface area (Å²) in [5.74, 6) is -2.65. The van der Waals surface area contributed by atoms with Crippen molar-refractivity contribution in [1.82, 2.24) is 25.9 Å². The minimum atomic E-state index is -0.892. The third kappa shape index (κ3) is 6.42. The molecule has 3 aromatic rings. The molecule has 38 heavy (non-hydrogen) atoms. The lowest BCUT2D eigenvalue weighted by molar-refractivity contribution is 0.0882. The van der Waals surface area contributed by atoms with Crippen LogP contribution in [-0.2, 0) is 0 Å². The van der Waals surface area contributed by atoms with Crippen molar-refractivity contribution in [2.24, 2.45) is 0 Å². The number of halogens is 2. The Morgan fingerprint density at radius 1 is 1.03 bits per heavy atom. The van der Waals surface area contributed by atoms with Crippen LogP contribution in [-0.4, -0.2) is 57.8 Å². The highest BCUT2D eigenvalue weighted by Gasteiger charge is 2.28. The van der Waals surface area contributed by atoms with E-state index < -0.39 is 22.9 Å².